The van der Waals surface area contributed by atoms with E-state index >= 15 is 0 Å². The monoisotopic (exact) mass is 358 g/mol. The van der Waals surface area contributed by atoms with Crippen LogP contribution >= 0.6 is 0 Å². The summed E-state index contributed by atoms with van der Waals surface area (Å²) in [5, 5.41) is 0. The summed E-state index contributed by atoms with van der Waals surface area (Å²) >= 11 is 0. The van der Waals surface area contributed by atoms with Gasteiger partial charge in [0.2, 0.25) is 5.91 Å². The molecular weight excluding hydrogens is 328 g/mol. The van der Waals surface area contributed by atoms with Crippen molar-refractivity contribution in [2.24, 2.45) is 5.41 Å². The molecule has 2 heterocycles. The molecule has 1 aromatic rings. The number of piperidine rings is 2. The number of benzene rings is 1. The van der Waals surface area contributed by atoms with Gasteiger partial charge in [-0.15, -0.1) is 0 Å². The average Bonchev–Trinajstić information content (AvgIpc) is 3.49. The van der Waals surface area contributed by atoms with Crippen LogP contribution in [0.15, 0.2) is 18.2 Å². The maximum atomic E-state index is 12.3. The predicted octanol–water partition coefficient (Wildman–Crippen LogP) is 3.07. The molecule has 3 aliphatic rings. The summed E-state index contributed by atoms with van der Waals surface area (Å²) in [5.74, 6) is 2.07. The van der Waals surface area contributed by atoms with Gasteiger partial charge in [0.05, 0.1) is 14.2 Å². The Morgan fingerprint density at radius 3 is 2.46 bits per heavy atom. The summed E-state index contributed by atoms with van der Waals surface area (Å²) in [6.07, 6.45) is 6.66. The molecule has 0 aromatic heterocycles. The van der Waals surface area contributed by atoms with E-state index in [4.69, 9.17) is 9.47 Å². The van der Waals surface area contributed by atoms with E-state index in [0.717, 1.165) is 50.5 Å². The van der Waals surface area contributed by atoms with E-state index < -0.39 is 0 Å². The fraction of sp³-hybridized carbons (Fsp3) is 0.667. The number of hydrogen-bond donors (Lipinski definition) is 0. The summed E-state index contributed by atoms with van der Waals surface area (Å²) in [7, 11) is 3.39. The smallest absolute Gasteiger partial charge is 0.222 e. The number of methoxy groups -OCH3 is 2. The topological polar surface area (TPSA) is 42.0 Å². The normalized spacial score (nSPS) is 27.0. The molecule has 0 unspecified atom stereocenters. The maximum Gasteiger partial charge on any atom is 0.222 e. The number of rotatable bonds is 5. The van der Waals surface area contributed by atoms with Crippen LogP contribution in [0.4, 0.5) is 0 Å². The summed E-state index contributed by atoms with van der Waals surface area (Å²) in [6.45, 7) is 4.09. The third kappa shape index (κ3) is 3.68. The van der Waals surface area contributed by atoms with Crippen LogP contribution in [0.2, 0.25) is 0 Å². The van der Waals surface area contributed by atoms with E-state index in [2.05, 4.69) is 21.9 Å². The number of hydrogen-bond acceptors (Lipinski definition) is 4. The van der Waals surface area contributed by atoms with Crippen molar-refractivity contribution in [3.8, 4) is 11.5 Å². The number of ether oxygens (including phenoxy) is 2. The first-order valence-corrected chi connectivity index (χ1v) is 9.85. The highest BCUT2D eigenvalue weighted by Gasteiger charge is 2.45. The van der Waals surface area contributed by atoms with Crippen molar-refractivity contribution >= 4 is 5.91 Å². The molecule has 2 aliphatic heterocycles. The van der Waals surface area contributed by atoms with Gasteiger partial charge < -0.3 is 14.4 Å². The third-order valence-electron chi connectivity index (χ3n) is 6.24. The number of carbonyl (C=O) groups is 1. The lowest BCUT2D eigenvalue weighted by Crippen LogP contribution is -2.54. The van der Waals surface area contributed by atoms with E-state index in [1.807, 2.05) is 6.07 Å². The fourth-order valence-electron chi connectivity index (χ4n) is 4.76. The molecule has 0 radical (unpaired) electrons. The van der Waals surface area contributed by atoms with Gasteiger partial charge in [0.25, 0.3) is 0 Å². The molecule has 3 fully saturated rings. The quantitative estimate of drug-likeness (QED) is 0.811. The number of amides is 1. The van der Waals surface area contributed by atoms with E-state index in [9.17, 15) is 4.79 Å². The number of carbonyl (C=O) groups excluding carboxylic acids is 1. The lowest BCUT2D eigenvalue weighted by Gasteiger charge is -2.48. The molecular formula is C21H30N2O3. The van der Waals surface area contributed by atoms with Gasteiger partial charge in [0.1, 0.15) is 11.5 Å². The summed E-state index contributed by atoms with van der Waals surface area (Å²) in [6, 6.07) is 6.66. The Morgan fingerprint density at radius 2 is 1.81 bits per heavy atom. The molecule has 5 nitrogen and oxygen atoms in total. The second-order valence-corrected chi connectivity index (χ2v) is 8.29. The number of nitrogens with zero attached hydrogens (tertiary/aromatic N) is 2. The van der Waals surface area contributed by atoms with Gasteiger partial charge >= 0.3 is 0 Å². The Hall–Kier alpha value is -1.75. The van der Waals surface area contributed by atoms with Crippen LogP contribution in [0, 0.1) is 5.41 Å². The third-order valence-corrected chi connectivity index (χ3v) is 6.24. The Labute approximate surface area is 156 Å². The highest BCUT2D eigenvalue weighted by atomic mass is 16.5. The van der Waals surface area contributed by atoms with Gasteiger partial charge in [0.15, 0.2) is 0 Å². The lowest BCUT2D eigenvalue weighted by atomic mass is 9.73. The highest BCUT2D eigenvalue weighted by molar-refractivity contribution is 5.78. The average molecular weight is 358 g/mol. The molecule has 4 rings (SSSR count). The second-order valence-electron chi connectivity index (χ2n) is 8.29. The summed E-state index contributed by atoms with van der Waals surface area (Å²) < 4.78 is 10.8. The van der Waals surface area contributed by atoms with E-state index in [-0.39, 0.29) is 5.41 Å². The zero-order valence-corrected chi connectivity index (χ0v) is 16.0. The van der Waals surface area contributed by atoms with Crippen molar-refractivity contribution in [3.05, 3.63) is 23.8 Å². The molecule has 142 valence electrons. The fourth-order valence-corrected chi connectivity index (χ4v) is 4.76. The molecule has 2 saturated heterocycles. The van der Waals surface area contributed by atoms with Gasteiger partial charge in [-0.1, -0.05) is 0 Å². The van der Waals surface area contributed by atoms with Crippen LogP contribution in [-0.4, -0.2) is 55.6 Å². The Bertz CT molecular complexity index is 651. The zero-order chi connectivity index (χ0) is 18.1. The van der Waals surface area contributed by atoms with E-state index in [1.165, 1.54) is 31.2 Å². The van der Waals surface area contributed by atoms with Crippen molar-refractivity contribution in [1.82, 2.24) is 9.80 Å². The number of likely N-dealkylation sites (tertiary alicyclic amines) is 2. The Kier molecular flexibility index (Phi) is 4.82. The van der Waals surface area contributed by atoms with Gasteiger partial charge in [-0.2, -0.15) is 0 Å². The first-order valence-electron chi connectivity index (χ1n) is 9.85. The van der Waals surface area contributed by atoms with Gasteiger partial charge in [0, 0.05) is 43.6 Å². The van der Waals surface area contributed by atoms with Gasteiger partial charge in [-0.25, -0.2) is 0 Å². The van der Waals surface area contributed by atoms with E-state index in [0.29, 0.717) is 11.9 Å². The first kappa shape index (κ1) is 17.7. The van der Waals surface area contributed by atoms with Gasteiger partial charge in [-0.3, -0.25) is 9.69 Å². The molecule has 0 N–H and O–H groups in total. The maximum absolute atomic E-state index is 12.3. The van der Waals surface area contributed by atoms with Crippen LogP contribution in [0.1, 0.15) is 44.1 Å². The molecule has 1 amide bonds. The molecule has 5 heteroatoms. The minimum Gasteiger partial charge on any atom is -0.497 e. The molecule has 1 aromatic carbocycles. The van der Waals surface area contributed by atoms with E-state index in [1.54, 1.807) is 14.2 Å². The second kappa shape index (κ2) is 7.10. The van der Waals surface area contributed by atoms with Crippen molar-refractivity contribution in [2.45, 2.75) is 51.1 Å². The first-order chi connectivity index (χ1) is 12.6. The predicted molar refractivity (Wildman–Crippen MR) is 100 cm³/mol. The zero-order valence-electron chi connectivity index (χ0n) is 16.0. The lowest BCUT2D eigenvalue weighted by molar-refractivity contribution is -0.140. The summed E-state index contributed by atoms with van der Waals surface area (Å²) in [5.41, 5.74) is 1.52. The van der Waals surface area contributed by atoms with Gasteiger partial charge in [-0.05, 0) is 56.3 Å². The van der Waals surface area contributed by atoms with Crippen LogP contribution < -0.4 is 9.47 Å². The van der Waals surface area contributed by atoms with Crippen molar-refractivity contribution < 1.29 is 14.3 Å². The summed E-state index contributed by atoms with van der Waals surface area (Å²) in [4.78, 5) is 17.1. The Morgan fingerprint density at radius 1 is 1.08 bits per heavy atom. The van der Waals surface area contributed by atoms with Crippen LogP contribution in [0.3, 0.4) is 0 Å². The highest BCUT2D eigenvalue weighted by Crippen LogP contribution is 2.42. The molecule has 1 spiro atoms. The Balaban J connectivity index is 1.46. The molecule has 26 heavy (non-hydrogen) atoms. The molecule has 0 bridgehead atoms. The minimum atomic E-state index is 0.289. The van der Waals surface area contributed by atoms with Crippen LogP contribution in [-0.2, 0) is 11.3 Å². The van der Waals surface area contributed by atoms with Crippen molar-refractivity contribution in [1.29, 1.82) is 0 Å². The van der Waals surface area contributed by atoms with Crippen molar-refractivity contribution in [3.63, 3.8) is 0 Å². The molecule has 1 saturated carbocycles. The van der Waals surface area contributed by atoms with Crippen molar-refractivity contribution in [2.75, 3.05) is 33.9 Å². The van der Waals surface area contributed by atoms with Crippen LogP contribution in [0.25, 0.3) is 0 Å². The van der Waals surface area contributed by atoms with Crippen LogP contribution in [0.5, 0.6) is 11.5 Å². The molecule has 1 aliphatic carbocycles. The minimum absolute atomic E-state index is 0.289. The standard InChI is InChI=1S/C21H30N2O3/c1-25-18-10-16(11-19(12-18)26-2)13-22-9-3-7-21(14-22)8-6-20(24)23(15-21)17-4-5-17/h10-12,17H,3-9,13-15H2,1-2H3/t21-/m1/s1. The molecule has 1 atom stereocenters. The largest absolute Gasteiger partial charge is 0.497 e. The SMILES string of the molecule is COc1cc(CN2CCC[C@@]3(CCC(=O)N(C4CC4)C3)C2)cc(OC)c1.